The molecule has 6 heteroatoms. The fourth-order valence-electron chi connectivity index (χ4n) is 0.881. The minimum Gasteiger partial charge on any atom is -0.380 e. The molecule has 0 amide bonds. The van der Waals surface area contributed by atoms with E-state index in [9.17, 15) is 0 Å². The first-order valence-corrected chi connectivity index (χ1v) is 5.62. The smallest absolute Gasteiger partial charge is 0.192 e. The number of nitrogen functional groups attached to an aromatic ring is 1. The Morgan fingerprint density at radius 1 is 1.54 bits per heavy atom. The molecule has 0 aromatic carbocycles. The molecule has 0 spiro atoms. The number of hydrogen-bond acceptors (Lipinski definition) is 4. The van der Waals surface area contributed by atoms with Gasteiger partial charge in [-0.1, -0.05) is 16.8 Å². The molecule has 0 fully saturated rings. The van der Waals surface area contributed by atoms with Crippen LogP contribution in [-0.4, -0.2) is 5.16 Å². The zero-order chi connectivity index (χ0) is 9.42. The van der Waals surface area contributed by atoms with E-state index in [-0.39, 0.29) is 0 Å². The summed E-state index contributed by atoms with van der Waals surface area (Å²) in [6.07, 6.45) is 0. The molecule has 0 atom stereocenters. The molecule has 0 aliphatic carbocycles. The molecule has 0 bridgehead atoms. The maximum Gasteiger partial charge on any atom is 0.192 e. The highest BCUT2D eigenvalue weighted by atomic mass is 127. The van der Waals surface area contributed by atoms with Crippen molar-refractivity contribution in [1.29, 1.82) is 0 Å². The molecule has 2 heterocycles. The quantitative estimate of drug-likeness (QED) is 0.819. The van der Waals surface area contributed by atoms with Crippen molar-refractivity contribution in [2.75, 3.05) is 5.73 Å². The summed E-state index contributed by atoms with van der Waals surface area (Å²) < 4.78 is 6.62. The molecule has 0 aliphatic rings. The average Bonchev–Trinajstić information content (AvgIpc) is 2.62. The van der Waals surface area contributed by atoms with Crippen LogP contribution < -0.4 is 5.73 Å². The van der Waals surface area contributed by atoms with Crippen molar-refractivity contribution in [2.24, 2.45) is 0 Å². The molecule has 0 saturated carbocycles. The Morgan fingerprint density at radius 2 is 2.31 bits per heavy atom. The van der Waals surface area contributed by atoms with Crippen LogP contribution in [0, 0.1) is 3.57 Å². The lowest BCUT2D eigenvalue weighted by atomic mass is 10.4. The van der Waals surface area contributed by atoms with E-state index in [1.807, 2.05) is 12.1 Å². The fraction of sp³-hybridized carbons (Fsp3) is 0. The van der Waals surface area contributed by atoms with Gasteiger partial charge in [-0.2, -0.15) is 0 Å². The zero-order valence-electron chi connectivity index (χ0n) is 6.25. The maximum absolute atomic E-state index is 5.79. The average molecular weight is 327 g/mol. The van der Waals surface area contributed by atoms with Gasteiger partial charge in [-0.05, 0) is 34.7 Å². The standard InChI is InChI=1S/C7H4ClIN2OS/c8-4-2-1-3(13-4)6-5(9)7(10)11-12-6/h1-2H,(H2,10,11). The Hall–Kier alpha value is -0.270. The molecule has 68 valence electrons. The molecule has 0 saturated heterocycles. The molecular weight excluding hydrogens is 323 g/mol. The van der Waals surface area contributed by atoms with Crippen LogP contribution in [0.4, 0.5) is 5.82 Å². The molecule has 0 unspecified atom stereocenters. The van der Waals surface area contributed by atoms with Crippen LogP contribution in [0.3, 0.4) is 0 Å². The van der Waals surface area contributed by atoms with Gasteiger partial charge in [-0.3, -0.25) is 0 Å². The topological polar surface area (TPSA) is 52.0 Å². The fourth-order valence-corrected chi connectivity index (χ4v) is 2.58. The third-order valence-electron chi connectivity index (χ3n) is 1.46. The number of nitrogens with zero attached hydrogens (tertiary/aromatic N) is 1. The number of thiophene rings is 1. The lowest BCUT2D eigenvalue weighted by molar-refractivity contribution is 0.436. The van der Waals surface area contributed by atoms with Gasteiger partial charge < -0.3 is 10.3 Å². The Labute approximate surface area is 97.0 Å². The van der Waals surface area contributed by atoms with Crippen LogP contribution in [0.15, 0.2) is 16.7 Å². The number of aromatic nitrogens is 1. The molecule has 2 aromatic rings. The summed E-state index contributed by atoms with van der Waals surface area (Å²) in [6, 6.07) is 3.70. The van der Waals surface area contributed by atoms with Gasteiger partial charge >= 0.3 is 0 Å². The summed E-state index contributed by atoms with van der Waals surface area (Å²) >= 11 is 9.33. The highest BCUT2D eigenvalue weighted by Gasteiger charge is 2.14. The van der Waals surface area contributed by atoms with Crippen LogP contribution in [0.25, 0.3) is 10.6 Å². The van der Waals surface area contributed by atoms with Crippen molar-refractivity contribution in [3.05, 3.63) is 20.0 Å². The Balaban J connectivity index is 2.52. The highest BCUT2D eigenvalue weighted by Crippen LogP contribution is 2.35. The second-order valence-corrected chi connectivity index (χ2v) is 5.11. The van der Waals surface area contributed by atoms with E-state index in [2.05, 4.69) is 27.7 Å². The van der Waals surface area contributed by atoms with Crippen LogP contribution in [0.1, 0.15) is 0 Å². The normalized spacial score (nSPS) is 10.6. The van der Waals surface area contributed by atoms with Gasteiger partial charge in [0.1, 0.15) is 3.57 Å². The van der Waals surface area contributed by atoms with Crippen molar-refractivity contribution in [2.45, 2.75) is 0 Å². The Kier molecular flexibility index (Phi) is 2.48. The molecule has 3 nitrogen and oxygen atoms in total. The second kappa shape index (κ2) is 3.47. The molecule has 2 rings (SSSR count). The van der Waals surface area contributed by atoms with Crippen molar-refractivity contribution < 1.29 is 4.52 Å². The van der Waals surface area contributed by atoms with Gasteiger partial charge in [0, 0.05) is 0 Å². The third-order valence-corrected chi connectivity index (χ3v) is 3.73. The van der Waals surface area contributed by atoms with Gasteiger partial charge in [-0.25, -0.2) is 0 Å². The van der Waals surface area contributed by atoms with Gasteiger partial charge in [-0.15, -0.1) is 11.3 Å². The van der Waals surface area contributed by atoms with Crippen LogP contribution >= 0.6 is 45.5 Å². The van der Waals surface area contributed by atoms with Crippen LogP contribution in [-0.2, 0) is 0 Å². The second-order valence-electron chi connectivity index (χ2n) is 2.31. The van der Waals surface area contributed by atoms with Crippen molar-refractivity contribution in [1.82, 2.24) is 5.16 Å². The highest BCUT2D eigenvalue weighted by molar-refractivity contribution is 14.1. The monoisotopic (exact) mass is 326 g/mol. The predicted molar refractivity (Wildman–Crippen MR) is 62.0 cm³/mol. The molecule has 2 N–H and O–H groups in total. The number of hydrogen-bond donors (Lipinski definition) is 1. The third kappa shape index (κ3) is 1.68. The van der Waals surface area contributed by atoms with E-state index in [4.69, 9.17) is 21.9 Å². The summed E-state index contributed by atoms with van der Waals surface area (Å²) in [5, 5.41) is 3.66. The summed E-state index contributed by atoms with van der Waals surface area (Å²) in [4.78, 5) is 0.943. The first-order chi connectivity index (χ1) is 6.18. The lowest BCUT2D eigenvalue weighted by Gasteiger charge is -1.88. The summed E-state index contributed by atoms with van der Waals surface area (Å²) in [7, 11) is 0. The SMILES string of the molecule is Nc1noc(-c2ccc(Cl)s2)c1I. The Bertz CT molecular complexity index is 439. The van der Waals surface area contributed by atoms with Gasteiger partial charge in [0.2, 0.25) is 0 Å². The van der Waals surface area contributed by atoms with Gasteiger partial charge in [0.25, 0.3) is 0 Å². The predicted octanol–water partition coefficient (Wildman–Crippen LogP) is 3.24. The summed E-state index contributed by atoms with van der Waals surface area (Å²) in [5.41, 5.74) is 5.54. The minimum absolute atomic E-state index is 0.417. The Morgan fingerprint density at radius 3 is 2.77 bits per heavy atom. The lowest BCUT2D eigenvalue weighted by Crippen LogP contribution is -1.85. The number of rotatable bonds is 1. The van der Waals surface area contributed by atoms with E-state index >= 15 is 0 Å². The van der Waals surface area contributed by atoms with E-state index in [1.54, 1.807) is 0 Å². The first kappa shape index (κ1) is 9.29. The largest absolute Gasteiger partial charge is 0.380 e. The first-order valence-electron chi connectivity index (χ1n) is 3.35. The summed E-state index contributed by atoms with van der Waals surface area (Å²) in [5.74, 6) is 1.11. The van der Waals surface area contributed by atoms with Crippen molar-refractivity contribution in [3.63, 3.8) is 0 Å². The maximum atomic E-state index is 5.79. The number of halogens is 2. The zero-order valence-corrected chi connectivity index (χ0v) is 9.98. The van der Waals surface area contributed by atoms with Crippen molar-refractivity contribution >= 4 is 51.3 Å². The van der Waals surface area contributed by atoms with E-state index < -0.39 is 0 Å². The number of nitrogens with two attached hydrogens (primary N) is 1. The molecular formula is C7H4ClIN2OS. The van der Waals surface area contributed by atoms with Crippen LogP contribution in [0.5, 0.6) is 0 Å². The van der Waals surface area contributed by atoms with E-state index in [0.717, 1.165) is 12.8 Å². The molecule has 2 aromatic heterocycles. The van der Waals surface area contributed by atoms with Crippen molar-refractivity contribution in [3.8, 4) is 10.6 Å². The van der Waals surface area contributed by atoms with Crippen LogP contribution in [0.2, 0.25) is 4.34 Å². The molecule has 0 aliphatic heterocycles. The number of anilines is 1. The van der Waals surface area contributed by atoms with Gasteiger partial charge in [0.05, 0.1) is 9.21 Å². The molecule has 13 heavy (non-hydrogen) atoms. The van der Waals surface area contributed by atoms with E-state index in [1.165, 1.54) is 11.3 Å². The molecule has 0 radical (unpaired) electrons. The van der Waals surface area contributed by atoms with Gasteiger partial charge in [0.15, 0.2) is 11.6 Å². The summed E-state index contributed by atoms with van der Waals surface area (Å²) in [6.45, 7) is 0. The minimum atomic E-state index is 0.417. The van der Waals surface area contributed by atoms with E-state index in [0.29, 0.717) is 11.6 Å².